The number of amides is 2. The summed E-state index contributed by atoms with van der Waals surface area (Å²) in [7, 11) is 0. The van der Waals surface area contributed by atoms with Gasteiger partial charge in [-0.25, -0.2) is 9.97 Å². The number of carbonyl (C=O) groups excluding carboxylic acids is 2. The van der Waals surface area contributed by atoms with E-state index in [9.17, 15) is 9.59 Å². The number of carbonyl (C=O) groups is 2. The molecule has 0 aromatic carbocycles. The van der Waals surface area contributed by atoms with Crippen molar-refractivity contribution in [2.45, 2.75) is 25.3 Å². The van der Waals surface area contributed by atoms with E-state index in [1.54, 1.807) is 29.4 Å². The molecule has 0 spiro atoms. The minimum absolute atomic E-state index is 0.0235. The molecule has 0 saturated heterocycles. The lowest BCUT2D eigenvalue weighted by Crippen LogP contribution is -2.33. The second-order valence-corrected chi connectivity index (χ2v) is 7.00. The van der Waals surface area contributed by atoms with Crippen molar-refractivity contribution in [1.29, 1.82) is 0 Å². The maximum absolute atomic E-state index is 11.7. The summed E-state index contributed by atoms with van der Waals surface area (Å²) in [6.45, 7) is 4.40. The van der Waals surface area contributed by atoms with Gasteiger partial charge in [-0.15, -0.1) is 23.1 Å². The topological polar surface area (TPSA) is 84.0 Å². The Balaban J connectivity index is 1.75. The first-order chi connectivity index (χ1) is 10.6. The predicted molar refractivity (Wildman–Crippen MR) is 89.2 cm³/mol. The summed E-state index contributed by atoms with van der Waals surface area (Å²) in [4.78, 5) is 33.1. The van der Waals surface area contributed by atoms with Crippen LogP contribution in [-0.4, -0.2) is 40.6 Å². The standard InChI is InChI=1S/C14H18N4O2S2/c1-9-7-11-13(17-8-18-14(11)22-9)21-6-3-12(20)16-5-4-15-10(2)19/h7-8H,3-6H2,1-2H3,(H,15,19)(H,16,20). The summed E-state index contributed by atoms with van der Waals surface area (Å²) >= 11 is 3.20. The van der Waals surface area contributed by atoms with Crippen LogP contribution in [-0.2, 0) is 9.59 Å². The zero-order valence-electron chi connectivity index (χ0n) is 12.5. The molecule has 22 heavy (non-hydrogen) atoms. The third-order valence-corrected chi connectivity index (χ3v) is 4.77. The van der Waals surface area contributed by atoms with Crippen molar-refractivity contribution in [2.75, 3.05) is 18.8 Å². The molecule has 0 saturated carbocycles. The van der Waals surface area contributed by atoms with E-state index in [1.165, 1.54) is 11.8 Å². The van der Waals surface area contributed by atoms with Gasteiger partial charge in [0.2, 0.25) is 11.8 Å². The van der Waals surface area contributed by atoms with Crippen molar-refractivity contribution in [3.05, 3.63) is 17.3 Å². The van der Waals surface area contributed by atoms with Crippen LogP contribution in [0, 0.1) is 6.92 Å². The highest BCUT2D eigenvalue weighted by Crippen LogP contribution is 2.30. The molecule has 0 aliphatic carbocycles. The van der Waals surface area contributed by atoms with Gasteiger partial charge in [-0.3, -0.25) is 9.59 Å². The van der Waals surface area contributed by atoms with Crippen molar-refractivity contribution in [1.82, 2.24) is 20.6 Å². The van der Waals surface area contributed by atoms with Gasteiger partial charge in [0.05, 0.1) is 0 Å². The van der Waals surface area contributed by atoms with E-state index in [0.29, 0.717) is 25.3 Å². The van der Waals surface area contributed by atoms with Crippen LogP contribution in [0.3, 0.4) is 0 Å². The van der Waals surface area contributed by atoms with Gasteiger partial charge in [0.1, 0.15) is 16.2 Å². The molecular formula is C14H18N4O2S2. The first-order valence-corrected chi connectivity index (χ1v) is 8.71. The van der Waals surface area contributed by atoms with Gasteiger partial charge in [-0.2, -0.15) is 0 Å². The highest BCUT2D eigenvalue weighted by molar-refractivity contribution is 7.99. The van der Waals surface area contributed by atoms with Crippen LogP contribution in [0.15, 0.2) is 17.4 Å². The molecule has 0 aliphatic heterocycles. The number of hydrogen-bond acceptors (Lipinski definition) is 6. The Morgan fingerprint density at radius 3 is 2.82 bits per heavy atom. The number of rotatable bonds is 7. The molecule has 8 heteroatoms. The average molecular weight is 338 g/mol. The summed E-state index contributed by atoms with van der Waals surface area (Å²) in [5, 5.41) is 7.37. The number of aromatic nitrogens is 2. The van der Waals surface area contributed by atoms with Crippen LogP contribution < -0.4 is 10.6 Å². The molecule has 2 rings (SSSR count). The Labute approximate surface area is 137 Å². The molecule has 0 unspecified atom stereocenters. The van der Waals surface area contributed by atoms with Gasteiger partial charge in [-0.1, -0.05) is 0 Å². The Kier molecular flexibility index (Phi) is 6.14. The summed E-state index contributed by atoms with van der Waals surface area (Å²) < 4.78 is 0. The van der Waals surface area contributed by atoms with Crippen LogP contribution in [0.2, 0.25) is 0 Å². The monoisotopic (exact) mass is 338 g/mol. The number of thiophene rings is 1. The molecule has 0 aliphatic rings. The Morgan fingerprint density at radius 2 is 2.05 bits per heavy atom. The second-order valence-electron chi connectivity index (χ2n) is 4.69. The maximum Gasteiger partial charge on any atom is 0.220 e. The Bertz CT molecular complexity index is 672. The molecular weight excluding hydrogens is 320 g/mol. The van der Waals surface area contributed by atoms with Gasteiger partial charge >= 0.3 is 0 Å². The van der Waals surface area contributed by atoms with Crippen LogP contribution in [0.5, 0.6) is 0 Å². The number of fused-ring (bicyclic) bond motifs is 1. The van der Waals surface area contributed by atoms with Gasteiger partial charge in [0, 0.05) is 42.5 Å². The fraction of sp³-hybridized carbons (Fsp3) is 0.429. The van der Waals surface area contributed by atoms with Gasteiger partial charge < -0.3 is 10.6 Å². The Hall–Kier alpha value is -1.67. The fourth-order valence-corrected chi connectivity index (χ4v) is 3.66. The molecule has 0 fully saturated rings. The van der Waals surface area contributed by atoms with E-state index >= 15 is 0 Å². The van der Waals surface area contributed by atoms with Crippen molar-refractivity contribution in [2.24, 2.45) is 0 Å². The highest BCUT2D eigenvalue weighted by Gasteiger charge is 2.08. The third kappa shape index (κ3) is 4.96. The minimum Gasteiger partial charge on any atom is -0.355 e. The predicted octanol–water partition coefficient (Wildman–Crippen LogP) is 1.73. The third-order valence-electron chi connectivity index (χ3n) is 2.81. The molecule has 0 radical (unpaired) electrons. The first kappa shape index (κ1) is 16.7. The summed E-state index contributed by atoms with van der Waals surface area (Å²) in [5.74, 6) is 0.542. The molecule has 2 aromatic rings. The maximum atomic E-state index is 11.7. The summed E-state index contributed by atoms with van der Waals surface area (Å²) in [5.41, 5.74) is 0. The van der Waals surface area contributed by atoms with Crippen LogP contribution >= 0.6 is 23.1 Å². The summed E-state index contributed by atoms with van der Waals surface area (Å²) in [6.07, 6.45) is 1.98. The highest BCUT2D eigenvalue weighted by atomic mass is 32.2. The lowest BCUT2D eigenvalue weighted by molar-refractivity contribution is -0.121. The molecule has 2 N–H and O–H groups in total. The van der Waals surface area contributed by atoms with Gasteiger partial charge in [-0.05, 0) is 13.0 Å². The second kappa shape index (κ2) is 8.09. The molecule has 118 valence electrons. The SMILES string of the molecule is CC(=O)NCCNC(=O)CCSc1ncnc2sc(C)cc12. The van der Waals surface area contributed by atoms with Crippen LogP contribution in [0.1, 0.15) is 18.2 Å². The zero-order chi connectivity index (χ0) is 15.9. The minimum atomic E-state index is -0.0939. The number of aryl methyl sites for hydroxylation is 1. The smallest absolute Gasteiger partial charge is 0.220 e. The van der Waals surface area contributed by atoms with Crippen LogP contribution in [0.4, 0.5) is 0 Å². The molecule has 6 nitrogen and oxygen atoms in total. The van der Waals surface area contributed by atoms with E-state index < -0.39 is 0 Å². The van der Waals surface area contributed by atoms with E-state index in [4.69, 9.17) is 0 Å². The molecule has 0 atom stereocenters. The van der Waals surface area contributed by atoms with Crippen LogP contribution in [0.25, 0.3) is 10.2 Å². The molecule has 2 amide bonds. The van der Waals surface area contributed by atoms with E-state index in [0.717, 1.165) is 15.2 Å². The lowest BCUT2D eigenvalue weighted by Gasteiger charge is -2.05. The van der Waals surface area contributed by atoms with Crippen molar-refractivity contribution in [3.63, 3.8) is 0 Å². The molecule has 0 bridgehead atoms. The number of thioether (sulfide) groups is 1. The van der Waals surface area contributed by atoms with Gasteiger partial charge in [0.25, 0.3) is 0 Å². The molecule has 2 heterocycles. The normalized spacial score (nSPS) is 10.6. The first-order valence-electron chi connectivity index (χ1n) is 6.91. The number of nitrogens with zero attached hydrogens (tertiary/aromatic N) is 2. The number of nitrogens with one attached hydrogen (secondary N) is 2. The van der Waals surface area contributed by atoms with E-state index in [1.807, 2.05) is 6.92 Å². The fourth-order valence-electron chi connectivity index (χ4n) is 1.84. The quantitative estimate of drug-likeness (QED) is 0.456. The van der Waals surface area contributed by atoms with E-state index in [-0.39, 0.29) is 11.8 Å². The van der Waals surface area contributed by atoms with Crippen molar-refractivity contribution < 1.29 is 9.59 Å². The van der Waals surface area contributed by atoms with Crippen molar-refractivity contribution >= 4 is 45.1 Å². The largest absolute Gasteiger partial charge is 0.355 e. The van der Waals surface area contributed by atoms with Gasteiger partial charge in [0.15, 0.2) is 0 Å². The number of hydrogen-bond donors (Lipinski definition) is 2. The van der Waals surface area contributed by atoms with Crippen molar-refractivity contribution in [3.8, 4) is 0 Å². The summed E-state index contributed by atoms with van der Waals surface area (Å²) in [6, 6.07) is 2.08. The Morgan fingerprint density at radius 1 is 1.27 bits per heavy atom. The molecule has 2 aromatic heterocycles. The lowest BCUT2D eigenvalue weighted by atomic mass is 10.4. The van der Waals surface area contributed by atoms with E-state index in [2.05, 4.69) is 26.7 Å². The zero-order valence-corrected chi connectivity index (χ0v) is 14.1. The average Bonchev–Trinajstić information content (AvgIpc) is 2.84.